The summed E-state index contributed by atoms with van der Waals surface area (Å²) < 4.78 is 0. The molecule has 2 aromatic carbocycles. The lowest BCUT2D eigenvalue weighted by atomic mass is 9.96. The summed E-state index contributed by atoms with van der Waals surface area (Å²) in [6.45, 7) is 3.00. The molecule has 0 saturated heterocycles. The van der Waals surface area contributed by atoms with Crippen LogP contribution in [0.4, 0.5) is 0 Å². The van der Waals surface area contributed by atoms with E-state index in [1.165, 1.54) is 13.8 Å². The molecule has 19 heavy (non-hydrogen) atoms. The Morgan fingerprint density at radius 1 is 0.895 bits per heavy atom. The first-order chi connectivity index (χ1) is 9.09. The molecule has 0 aromatic heterocycles. The smallest absolute Gasteiger partial charge is 0.163 e. The highest BCUT2D eigenvalue weighted by molar-refractivity contribution is 6.20. The lowest BCUT2D eigenvalue weighted by Crippen LogP contribution is -1.99. The van der Waals surface area contributed by atoms with Gasteiger partial charge in [-0.05, 0) is 36.6 Å². The average Bonchev–Trinajstić information content (AvgIpc) is 2.39. The molecule has 2 nitrogen and oxygen atoms in total. The molecule has 0 fully saturated rings. The molecular weight excluding hydrogens is 236 g/mol. The first kappa shape index (κ1) is 13.1. The van der Waals surface area contributed by atoms with Gasteiger partial charge in [-0.2, -0.15) is 0 Å². The van der Waals surface area contributed by atoms with Gasteiger partial charge in [-0.25, -0.2) is 0 Å². The zero-order valence-electron chi connectivity index (χ0n) is 11.1. The highest BCUT2D eigenvalue weighted by atomic mass is 16.3. The second kappa shape index (κ2) is 5.53. The van der Waals surface area contributed by atoms with E-state index in [4.69, 9.17) is 0 Å². The molecule has 0 amide bonds. The molecule has 0 aliphatic carbocycles. The number of carbonyl (C=O) groups is 1. The van der Waals surface area contributed by atoms with Gasteiger partial charge in [0.05, 0.1) is 5.57 Å². The molecule has 0 atom stereocenters. The van der Waals surface area contributed by atoms with E-state index in [2.05, 4.69) is 0 Å². The second-order valence-corrected chi connectivity index (χ2v) is 4.46. The van der Waals surface area contributed by atoms with Crippen LogP contribution in [0.25, 0.3) is 16.7 Å². The van der Waals surface area contributed by atoms with E-state index in [0.29, 0.717) is 5.57 Å². The van der Waals surface area contributed by atoms with Gasteiger partial charge in [0, 0.05) is 0 Å². The van der Waals surface area contributed by atoms with Crippen LogP contribution in [-0.2, 0) is 4.79 Å². The Morgan fingerprint density at radius 2 is 1.53 bits per heavy atom. The second-order valence-electron chi connectivity index (χ2n) is 4.46. The molecule has 0 unspecified atom stereocenters. The SMILES string of the molecule is CC(=O)/C(=C(\C)O)c1cccc(-c2ccccc2)c1. The Balaban J connectivity index is 2.52. The van der Waals surface area contributed by atoms with Crippen LogP contribution in [0.5, 0.6) is 0 Å². The number of benzene rings is 2. The van der Waals surface area contributed by atoms with Crippen LogP contribution >= 0.6 is 0 Å². The maximum absolute atomic E-state index is 11.6. The molecule has 2 aromatic rings. The highest BCUT2D eigenvalue weighted by Gasteiger charge is 2.11. The number of hydrogen-bond donors (Lipinski definition) is 1. The fraction of sp³-hybridized carbons (Fsp3) is 0.118. The molecule has 0 heterocycles. The summed E-state index contributed by atoms with van der Waals surface area (Å²) in [7, 11) is 0. The fourth-order valence-corrected chi connectivity index (χ4v) is 2.15. The molecule has 96 valence electrons. The third-order valence-corrected chi connectivity index (χ3v) is 2.97. The van der Waals surface area contributed by atoms with Gasteiger partial charge in [-0.1, -0.05) is 48.5 Å². The number of aliphatic hydroxyl groups excluding tert-OH is 1. The summed E-state index contributed by atoms with van der Waals surface area (Å²) in [5, 5.41) is 9.66. The number of Topliss-reactive ketones (excluding diaryl/α,β-unsaturated/α-hetero) is 1. The van der Waals surface area contributed by atoms with Crippen molar-refractivity contribution in [3.05, 3.63) is 65.9 Å². The van der Waals surface area contributed by atoms with Crippen molar-refractivity contribution in [1.82, 2.24) is 0 Å². The van der Waals surface area contributed by atoms with Crippen LogP contribution in [0, 0.1) is 0 Å². The average molecular weight is 252 g/mol. The molecule has 0 radical (unpaired) electrons. The summed E-state index contributed by atoms with van der Waals surface area (Å²) >= 11 is 0. The fourth-order valence-electron chi connectivity index (χ4n) is 2.15. The van der Waals surface area contributed by atoms with Gasteiger partial charge in [0.2, 0.25) is 0 Å². The summed E-state index contributed by atoms with van der Waals surface area (Å²) in [6.07, 6.45) is 0. The van der Waals surface area contributed by atoms with E-state index in [0.717, 1.165) is 16.7 Å². The van der Waals surface area contributed by atoms with Gasteiger partial charge in [0.1, 0.15) is 5.76 Å². The van der Waals surface area contributed by atoms with Crippen molar-refractivity contribution in [2.45, 2.75) is 13.8 Å². The Kier molecular flexibility index (Phi) is 3.81. The largest absolute Gasteiger partial charge is 0.512 e. The Labute approximate surface area is 113 Å². The van der Waals surface area contributed by atoms with Crippen LogP contribution in [-0.4, -0.2) is 10.9 Å². The third-order valence-electron chi connectivity index (χ3n) is 2.97. The minimum Gasteiger partial charge on any atom is -0.512 e. The van der Waals surface area contributed by atoms with Crippen LogP contribution in [0.1, 0.15) is 19.4 Å². The predicted molar refractivity (Wildman–Crippen MR) is 77.8 cm³/mol. The standard InChI is InChI=1S/C17H16O2/c1-12(18)17(13(2)19)16-10-6-9-15(11-16)14-7-4-3-5-8-14/h3-11,18H,1-2H3/b17-12-. The monoisotopic (exact) mass is 252 g/mol. The van der Waals surface area contributed by atoms with E-state index in [9.17, 15) is 9.90 Å². The number of hydrogen-bond acceptors (Lipinski definition) is 2. The first-order valence-corrected chi connectivity index (χ1v) is 6.16. The van der Waals surface area contributed by atoms with Crippen molar-refractivity contribution in [2.75, 3.05) is 0 Å². The van der Waals surface area contributed by atoms with Gasteiger partial charge < -0.3 is 5.11 Å². The molecule has 0 spiro atoms. The van der Waals surface area contributed by atoms with Crippen molar-refractivity contribution in [3.8, 4) is 11.1 Å². The summed E-state index contributed by atoms with van der Waals surface area (Å²) in [6, 6.07) is 17.6. The van der Waals surface area contributed by atoms with Crippen LogP contribution < -0.4 is 0 Å². The molecule has 2 rings (SSSR count). The van der Waals surface area contributed by atoms with Gasteiger partial charge in [-0.3, -0.25) is 4.79 Å². The number of rotatable bonds is 3. The number of aliphatic hydroxyl groups is 1. The van der Waals surface area contributed by atoms with Crippen LogP contribution in [0.3, 0.4) is 0 Å². The lowest BCUT2D eigenvalue weighted by Gasteiger charge is -2.08. The summed E-state index contributed by atoms with van der Waals surface area (Å²) in [4.78, 5) is 11.6. The van der Waals surface area contributed by atoms with E-state index in [1.807, 2.05) is 54.6 Å². The van der Waals surface area contributed by atoms with Crippen LogP contribution in [0.2, 0.25) is 0 Å². The quantitative estimate of drug-likeness (QED) is 0.655. The normalized spacial score (nSPS) is 11.9. The molecule has 0 aliphatic rings. The lowest BCUT2D eigenvalue weighted by molar-refractivity contribution is -0.111. The van der Waals surface area contributed by atoms with E-state index < -0.39 is 0 Å². The third kappa shape index (κ3) is 2.91. The number of ketones is 1. The van der Waals surface area contributed by atoms with Crippen molar-refractivity contribution >= 4 is 11.4 Å². The maximum Gasteiger partial charge on any atom is 0.163 e. The molecular formula is C17H16O2. The Morgan fingerprint density at radius 3 is 2.11 bits per heavy atom. The molecule has 0 saturated carbocycles. The highest BCUT2D eigenvalue weighted by Crippen LogP contribution is 2.25. The van der Waals surface area contributed by atoms with Gasteiger partial charge >= 0.3 is 0 Å². The predicted octanol–water partition coefficient (Wildman–Crippen LogP) is 4.23. The molecule has 2 heteroatoms. The summed E-state index contributed by atoms with van der Waals surface area (Å²) in [5.41, 5.74) is 3.23. The van der Waals surface area contributed by atoms with E-state index in [1.54, 1.807) is 0 Å². The molecule has 0 aliphatic heterocycles. The molecule has 0 bridgehead atoms. The maximum atomic E-state index is 11.6. The topological polar surface area (TPSA) is 37.3 Å². The number of allylic oxidation sites excluding steroid dienone is 2. The first-order valence-electron chi connectivity index (χ1n) is 6.16. The van der Waals surface area contributed by atoms with E-state index >= 15 is 0 Å². The minimum absolute atomic E-state index is 0.0534. The van der Waals surface area contributed by atoms with Crippen LogP contribution in [0.15, 0.2) is 60.4 Å². The van der Waals surface area contributed by atoms with Gasteiger partial charge in [0.15, 0.2) is 5.78 Å². The Hall–Kier alpha value is -2.35. The molecule has 1 N–H and O–H groups in total. The Bertz CT molecular complexity index is 621. The zero-order valence-corrected chi connectivity index (χ0v) is 11.1. The zero-order chi connectivity index (χ0) is 13.8. The van der Waals surface area contributed by atoms with E-state index in [-0.39, 0.29) is 11.5 Å². The summed E-state index contributed by atoms with van der Waals surface area (Å²) in [5.74, 6) is -0.0806. The van der Waals surface area contributed by atoms with Crippen molar-refractivity contribution in [3.63, 3.8) is 0 Å². The van der Waals surface area contributed by atoms with Crippen molar-refractivity contribution in [1.29, 1.82) is 0 Å². The van der Waals surface area contributed by atoms with Crippen molar-refractivity contribution in [2.24, 2.45) is 0 Å². The minimum atomic E-state index is -0.134. The van der Waals surface area contributed by atoms with Crippen molar-refractivity contribution < 1.29 is 9.90 Å². The van der Waals surface area contributed by atoms with Gasteiger partial charge in [0.25, 0.3) is 0 Å². The number of carbonyl (C=O) groups excluding carboxylic acids is 1. The van der Waals surface area contributed by atoms with Gasteiger partial charge in [-0.15, -0.1) is 0 Å².